The van der Waals surface area contributed by atoms with Crippen LogP contribution in [-0.4, -0.2) is 9.97 Å². The van der Waals surface area contributed by atoms with E-state index < -0.39 is 0 Å². The number of nitrogens with two attached hydrogens (primary N) is 2. The molecule has 0 aliphatic carbocycles. The molecule has 0 aliphatic rings. The Balaban J connectivity index is 3.33. The first-order valence-electron chi connectivity index (χ1n) is 2.31. The number of rotatable bonds is 0. The molecule has 1 aromatic rings. The predicted molar refractivity (Wildman–Crippen MR) is 38.2 cm³/mol. The minimum atomic E-state index is 0.313. The number of H-pyrrole nitrogens is 1. The maximum Gasteiger partial charge on any atom is 0.200 e. The SMILES string of the molecule is [15NH2]c1cc([15NH2])[15nH]c(=S)[15n]1. The maximum absolute atomic E-state index is 5.32. The first kappa shape index (κ1) is 6.03. The van der Waals surface area contributed by atoms with Gasteiger partial charge in [-0.3, -0.25) is 0 Å². The molecular weight excluding hydrogens is 140 g/mol. The minimum absolute atomic E-state index is 0.313. The van der Waals surface area contributed by atoms with Gasteiger partial charge in [0.25, 0.3) is 0 Å². The zero-order valence-corrected chi connectivity index (χ0v) is 5.40. The van der Waals surface area contributed by atoms with Gasteiger partial charge in [-0.05, 0) is 12.2 Å². The average Bonchev–Trinajstić information content (AvgIpc) is 1.59. The molecule has 0 saturated heterocycles. The fraction of sp³-hybridized carbons (Fsp3) is 0. The summed E-state index contributed by atoms with van der Waals surface area (Å²) in [5.41, 5.74) is 10.6. The number of hydrogen-bond donors (Lipinski definition) is 3. The van der Waals surface area contributed by atoms with Crippen molar-refractivity contribution < 1.29 is 0 Å². The van der Waals surface area contributed by atoms with E-state index in [4.69, 9.17) is 11.5 Å². The lowest BCUT2D eigenvalue weighted by atomic mass is 10.6. The quantitative estimate of drug-likeness (QED) is 0.363. The molecule has 0 radical (unpaired) electrons. The van der Waals surface area contributed by atoms with Crippen molar-refractivity contribution >= 4 is 23.9 Å². The summed E-state index contributed by atoms with van der Waals surface area (Å²) in [6.45, 7) is 0. The van der Waals surface area contributed by atoms with Crippen molar-refractivity contribution in [2.24, 2.45) is 0 Å². The number of nitrogen functional groups attached to an aromatic ring is 2. The monoisotopic (exact) mass is 146 g/mol. The van der Waals surface area contributed by atoms with Gasteiger partial charge in [-0.2, -0.15) is 0 Å². The topological polar surface area (TPSA) is 80.7 Å². The molecule has 0 aliphatic heterocycles. The molecule has 5 N–H and O–H groups in total. The summed E-state index contributed by atoms with van der Waals surface area (Å²) < 4.78 is 0.313. The lowest BCUT2D eigenvalue weighted by Crippen LogP contribution is -1.96. The fourth-order valence-corrected chi connectivity index (χ4v) is 0.720. The van der Waals surface area contributed by atoms with E-state index in [0.717, 1.165) is 0 Å². The van der Waals surface area contributed by atoms with Gasteiger partial charge in [0.1, 0.15) is 11.6 Å². The van der Waals surface area contributed by atoms with Crippen LogP contribution in [0.4, 0.5) is 11.6 Å². The summed E-state index contributed by atoms with van der Waals surface area (Å²) in [4.78, 5) is 6.30. The second kappa shape index (κ2) is 2.02. The van der Waals surface area contributed by atoms with E-state index in [-0.39, 0.29) is 0 Å². The molecule has 0 saturated carbocycles. The van der Waals surface area contributed by atoms with Crippen molar-refractivity contribution in [3.63, 3.8) is 0 Å². The largest absolute Gasteiger partial charge is 0.385 e. The van der Waals surface area contributed by atoms with Gasteiger partial charge < -0.3 is 16.5 Å². The summed E-state index contributed by atoms with van der Waals surface area (Å²) >= 11 is 4.66. The van der Waals surface area contributed by atoms with Crippen LogP contribution in [0.15, 0.2) is 6.07 Å². The molecule has 0 atom stereocenters. The van der Waals surface area contributed by atoms with E-state index in [1.54, 1.807) is 0 Å². The van der Waals surface area contributed by atoms with Crippen LogP contribution in [0, 0.1) is 4.77 Å². The molecular formula is C4H6N4S. The zero-order valence-electron chi connectivity index (χ0n) is 4.59. The molecule has 5 heteroatoms. The highest BCUT2D eigenvalue weighted by atomic mass is 32.1. The normalized spacial score (nSPS) is 9.33. The highest BCUT2D eigenvalue weighted by Crippen LogP contribution is 1.99. The van der Waals surface area contributed by atoms with Crippen LogP contribution in [0.5, 0.6) is 0 Å². The van der Waals surface area contributed by atoms with Crippen molar-refractivity contribution in [2.75, 3.05) is 11.5 Å². The third-order valence-electron chi connectivity index (χ3n) is 0.785. The number of aromatic amines is 1. The van der Waals surface area contributed by atoms with E-state index in [1.165, 1.54) is 6.07 Å². The van der Waals surface area contributed by atoms with Crippen molar-refractivity contribution in [3.8, 4) is 0 Å². The van der Waals surface area contributed by atoms with E-state index in [0.29, 0.717) is 16.4 Å². The molecule has 1 heterocycles. The third kappa shape index (κ3) is 1.39. The first-order valence-corrected chi connectivity index (χ1v) is 2.71. The second-order valence-electron chi connectivity index (χ2n) is 1.57. The Morgan fingerprint density at radius 1 is 1.56 bits per heavy atom. The van der Waals surface area contributed by atoms with E-state index in [1.807, 2.05) is 0 Å². The number of anilines is 2. The summed E-state index contributed by atoms with van der Waals surface area (Å²) in [5.74, 6) is 0.781. The summed E-state index contributed by atoms with van der Waals surface area (Å²) in [7, 11) is 0. The highest BCUT2D eigenvalue weighted by molar-refractivity contribution is 7.71. The third-order valence-corrected chi connectivity index (χ3v) is 0.979. The molecule has 1 aromatic heterocycles. The number of aromatic nitrogens is 2. The van der Waals surface area contributed by atoms with Gasteiger partial charge in [0, 0.05) is 6.07 Å². The number of nitrogens with zero attached hydrogens (tertiary/aromatic N) is 1. The molecule has 0 aromatic carbocycles. The van der Waals surface area contributed by atoms with Crippen LogP contribution >= 0.6 is 12.2 Å². The zero-order chi connectivity index (χ0) is 6.85. The van der Waals surface area contributed by atoms with E-state index in [9.17, 15) is 0 Å². The Labute approximate surface area is 56.9 Å². The lowest BCUT2D eigenvalue weighted by molar-refractivity contribution is 1.15. The van der Waals surface area contributed by atoms with Crippen molar-refractivity contribution in [1.82, 2.24) is 9.97 Å². The van der Waals surface area contributed by atoms with Gasteiger partial charge in [0.2, 0.25) is 0 Å². The van der Waals surface area contributed by atoms with Crippen LogP contribution in [0.1, 0.15) is 0 Å². The summed E-state index contributed by atoms with van der Waals surface area (Å²) in [5, 5.41) is 0. The predicted octanol–water partition coefficient (Wildman–Crippen LogP) is 0.304. The molecule has 4 nitrogen and oxygen atoms in total. The standard InChI is InChI=1S/C4H6N4S/c5-2-1-3(6)8-4(9)7-2/h1H,(H5,5,6,7,8,9)/i5+1,6+1,7+1,8+1. The number of nitrogens with one attached hydrogen (secondary N) is 1. The van der Waals surface area contributed by atoms with Gasteiger partial charge >= 0.3 is 0 Å². The van der Waals surface area contributed by atoms with Crippen molar-refractivity contribution in [2.45, 2.75) is 0 Å². The maximum atomic E-state index is 5.32. The van der Waals surface area contributed by atoms with Crippen LogP contribution < -0.4 is 11.5 Å². The molecule has 9 heavy (non-hydrogen) atoms. The molecule has 1 rings (SSSR count). The second-order valence-corrected chi connectivity index (χ2v) is 1.95. The van der Waals surface area contributed by atoms with Crippen LogP contribution in [0.3, 0.4) is 0 Å². The molecule has 0 unspecified atom stereocenters. The minimum Gasteiger partial charge on any atom is -0.385 e. The Hall–Kier alpha value is -1.10. The molecule has 0 spiro atoms. The molecule has 48 valence electrons. The molecule has 0 amide bonds. The Kier molecular flexibility index (Phi) is 1.35. The summed E-state index contributed by atoms with van der Waals surface area (Å²) in [6.07, 6.45) is 0. The molecule has 0 fully saturated rings. The van der Waals surface area contributed by atoms with E-state index >= 15 is 0 Å². The van der Waals surface area contributed by atoms with Crippen molar-refractivity contribution in [1.29, 1.82) is 0 Å². The van der Waals surface area contributed by atoms with Crippen LogP contribution in [-0.2, 0) is 0 Å². The molecule has 0 bridgehead atoms. The van der Waals surface area contributed by atoms with Crippen molar-refractivity contribution in [3.05, 3.63) is 10.8 Å². The Morgan fingerprint density at radius 2 is 2.22 bits per heavy atom. The average molecular weight is 146 g/mol. The number of hydrogen-bond acceptors (Lipinski definition) is 4. The smallest absolute Gasteiger partial charge is 0.200 e. The first-order chi connectivity index (χ1) is 4.18. The van der Waals surface area contributed by atoms with Gasteiger partial charge in [-0.1, -0.05) is 0 Å². The Morgan fingerprint density at radius 3 is 2.67 bits per heavy atom. The highest BCUT2D eigenvalue weighted by Gasteiger charge is 1.87. The van der Waals surface area contributed by atoms with Crippen LogP contribution in [0.2, 0.25) is 0 Å². The van der Waals surface area contributed by atoms with Gasteiger partial charge in [0.15, 0.2) is 4.77 Å². The lowest BCUT2D eigenvalue weighted by Gasteiger charge is -1.92. The van der Waals surface area contributed by atoms with Gasteiger partial charge in [0.05, 0.1) is 0 Å². The van der Waals surface area contributed by atoms with Gasteiger partial charge in [-0.15, -0.1) is 0 Å². The Bertz CT molecular complexity index is 242. The van der Waals surface area contributed by atoms with E-state index in [2.05, 4.69) is 22.2 Å². The van der Waals surface area contributed by atoms with Gasteiger partial charge in [-0.25, -0.2) is 4.98 Å². The fourth-order valence-electron chi connectivity index (χ4n) is 0.496. The van der Waals surface area contributed by atoms with Crippen LogP contribution in [0.25, 0.3) is 0 Å². The summed E-state index contributed by atoms with van der Waals surface area (Å²) in [6, 6.07) is 1.51.